The van der Waals surface area contributed by atoms with E-state index in [1.165, 1.54) is 0 Å². The first-order valence-electron chi connectivity index (χ1n) is 3.75. The van der Waals surface area contributed by atoms with Crippen molar-refractivity contribution in [2.24, 2.45) is 0 Å². The molecule has 2 rings (SSSR count). The Morgan fingerprint density at radius 2 is 1.80 bits per heavy atom. The molecule has 1 aliphatic heterocycles. The van der Waals surface area contributed by atoms with Crippen LogP contribution in [0.5, 0.6) is 5.75 Å². The van der Waals surface area contributed by atoms with E-state index in [0.29, 0.717) is 0 Å². The molecular weight excluding hydrogens is 240 g/mol. The van der Waals surface area contributed by atoms with Crippen LogP contribution in [0.4, 0.5) is 17.6 Å². The summed E-state index contributed by atoms with van der Waals surface area (Å²) in [7, 11) is 0. The molecule has 2 nitrogen and oxygen atoms in total. The number of rotatable bonds is 0. The fraction of sp³-hybridized carbons (Fsp3) is 0.250. The summed E-state index contributed by atoms with van der Waals surface area (Å²) in [4.78, 5) is 0. The van der Waals surface area contributed by atoms with Crippen LogP contribution >= 0.6 is 11.6 Å². The molecule has 82 valence electrons. The zero-order valence-corrected chi connectivity index (χ0v) is 7.69. The van der Waals surface area contributed by atoms with Crippen LogP contribution in [0, 0.1) is 0 Å². The van der Waals surface area contributed by atoms with Crippen LogP contribution in [-0.4, -0.2) is 6.29 Å². The Labute approximate surface area is 86.3 Å². The smallest absolute Gasteiger partial charge is 0.409 e. The second kappa shape index (κ2) is 2.99. The van der Waals surface area contributed by atoms with Crippen molar-refractivity contribution in [1.29, 1.82) is 0 Å². The molecule has 0 aromatic heterocycles. The van der Waals surface area contributed by atoms with E-state index >= 15 is 0 Å². The Balaban J connectivity index is 2.55. The monoisotopic (exact) mass is 242 g/mol. The Morgan fingerprint density at radius 3 is 2.47 bits per heavy atom. The van der Waals surface area contributed by atoms with Crippen molar-refractivity contribution >= 4 is 11.6 Å². The van der Waals surface area contributed by atoms with Gasteiger partial charge in [-0.3, -0.25) is 0 Å². The first-order valence-corrected chi connectivity index (χ1v) is 4.13. The minimum atomic E-state index is -4.34. The van der Waals surface area contributed by atoms with Gasteiger partial charge in [-0.15, -0.1) is 8.78 Å². The fourth-order valence-electron chi connectivity index (χ4n) is 1.17. The molecule has 15 heavy (non-hydrogen) atoms. The molecule has 0 bridgehead atoms. The lowest BCUT2D eigenvalue weighted by Gasteiger charge is -2.30. The Hall–Kier alpha value is -1.01. The van der Waals surface area contributed by atoms with E-state index in [1.54, 1.807) is 0 Å². The summed E-state index contributed by atoms with van der Waals surface area (Å²) in [6, 6.07) is 2.91. The molecule has 0 aliphatic carbocycles. The van der Waals surface area contributed by atoms with Crippen molar-refractivity contribution in [2.45, 2.75) is 12.4 Å². The third-order valence-corrected chi connectivity index (χ3v) is 1.97. The zero-order valence-electron chi connectivity index (χ0n) is 6.94. The van der Waals surface area contributed by atoms with Crippen LogP contribution in [0.1, 0.15) is 5.56 Å². The van der Waals surface area contributed by atoms with Crippen LogP contribution in [-0.2, 0) is 10.8 Å². The molecule has 1 aromatic rings. The van der Waals surface area contributed by atoms with Gasteiger partial charge in [0.05, 0.1) is 5.56 Å². The minimum absolute atomic E-state index is 0.0224. The van der Waals surface area contributed by atoms with Gasteiger partial charge in [0.2, 0.25) is 0 Å². The van der Waals surface area contributed by atoms with Crippen LogP contribution in [0.3, 0.4) is 0 Å². The maximum Gasteiger partial charge on any atom is 0.540 e. The molecular formula is C8H3ClF4O2. The van der Waals surface area contributed by atoms with Crippen LogP contribution < -0.4 is 4.74 Å². The summed E-state index contributed by atoms with van der Waals surface area (Å²) in [5.74, 6) is -0.652. The SMILES string of the molecule is FC1(F)Oc2ccc(Cl)cc2C(F)(F)O1. The summed E-state index contributed by atoms with van der Waals surface area (Å²) in [5.41, 5.74) is -0.819. The Bertz CT molecular complexity index is 408. The van der Waals surface area contributed by atoms with Crippen molar-refractivity contribution in [3.8, 4) is 5.75 Å². The van der Waals surface area contributed by atoms with Gasteiger partial charge >= 0.3 is 12.4 Å². The van der Waals surface area contributed by atoms with Gasteiger partial charge in [-0.25, -0.2) is 4.74 Å². The van der Waals surface area contributed by atoms with Crippen LogP contribution in [0.2, 0.25) is 5.02 Å². The van der Waals surface area contributed by atoms with E-state index in [-0.39, 0.29) is 5.02 Å². The lowest BCUT2D eigenvalue weighted by atomic mass is 10.2. The molecule has 0 N–H and O–H groups in total. The Morgan fingerprint density at radius 1 is 1.13 bits per heavy atom. The van der Waals surface area contributed by atoms with Gasteiger partial charge in [-0.1, -0.05) is 11.6 Å². The van der Waals surface area contributed by atoms with Gasteiger partial charge in [-0.05, 0) is 18.2 Å². The molecule has 1 aliphatic rings. The van der Waals surface area contributed by atoms with Crippen LogP contribution in [0.25, 0.3) is 0 Å². The molecule has 0 atom stereocenters. The van der Waals surface area contributed by atoms with Gasteiger partial charge in [0.15, 0.2) is 0 Å². The van der Waals surface area contributed by atoms with E-state index in [9.17, 15) is 17.6 Å². The van der Waals surface area contributed by atoms with Crippen molar-refractivity contribution in [3.05, 3.63) is 28.8 Å². The highest BCUT2D eigenvalue weighted by Gasteiger charge is 2.54. The maximum absolute atomic E-state index is 13.0. The van der Waals surface area contributed by atoms with E-state index in [2.05, 4.69) is 9.47 Å². The molecule has 1 heterocycles. The van der Waals surface area contributed by atoms with Gasteiger partial charge in [0.1, 0.15) is 5.75 Å². The summed E-state index contributed by atoms with van der Waals surface area (Å²) in [5, 5.41) is -0.0224. The van der Waals surface area contributed by atoms with Gasteiger partial charge in [0.25, 0.3) is 0 Å². The Kier molecular flexibility index (Phi) is 2.09. The van der Waals surface area contributed by atoms with Gasteiger partial charge in [-0.2, -0.15) is 8.78 Å². The number of benzene rings is 1. The highest BCUT2D eigenvalue weighted by Crippen LogP contribution is 2.46. The molecule has 0 radical (unpaired) electrons. The number of hydrogen-bond donors (Lipinski definition) is 0. The van der Waals surface area contributed by atoms with Gasteiger partial charge < -0.3 is 4.74 Å². The van der Waals surface area contributed by atoms with E-state index in [1.807, 2.05) is 0 Å². The van der Waals surface area contributed by atoms with Crippen LogP contribution in [0.15, 0.2) is 18.2 Å². The van der Waals surface area contributed by atoms with E-state index in [4.69, 9.17) is 11.6 Å². The van der Waals surface area contributed by atoms with Crippen molar-refractivity contribution in [2.75, 3.05) is 0 Å². The third-order valence-electron chi connectivity index (χ3n) is 1.73. The molecule has 0 fully saturated rings. The topological polar surface area (TPSA) is 18.5 Å². The molecule has 0 spiro atoms. The number of hydrogen-bond acceptors (Lipinski definition) is 2. The lowest BCUT2D eigenvalue weighted by Crippen LogP contribution is -2.41. The van der Waals surface area contributed by atoms with Crippen molar-refractivity contribution < 1.29 is 27.0 Å². The third kappa shape index (κ3) is 1.87. The van der Waals surface area contributed by atoms with Gasteiger partial charge in [0, 0.05) is 5.02 Å². The predicted molar refractivity (Wildman–Crippen MR) is 42.0 cm³/mol. The maximum atomic E-state index is 13.0. The predicted octanol–water partition coefficient (Wildman–Crippen LogP) is 3.35. The molecule has 0 saturated carbocycles. The average Bonchev–Trinajstić information content (AvgIpc) is 2.03. The summed E-state index contributed by atoms with van der Waals surface area (Å²) < 4.78 is 58.2. The molecule has 1 aromatic carbocycles. The average molecular weight is 243 g/mol. The number of fused-ring (bicyclic) bond motifs is 1. The summed E-state index contributed by atoms with van der Waals surface area (Å²) in [6.45, 7) is 0. The standard InChI is InChI=1S/C8H3ClF4O2/c9-4-1-2-6-5(3-4)7(10,11)15-8(12,13)14-6/h1-3H. The number of halogens is 5. The van der Waals surface area contributed by atoms with E-state index < -0.39 is 23.7 Å². The highest BCUT2D eigenvalue weighted by molar-refractivity contribution is 6.30. The fourth-order valence-corrected chi connectivity index (χ4v) is 1.34. The lowest BCUT2D eigenvalue weighted by molar-refractivity contribution is -0.461. The molecule has 0 unspecified atom stereocenters. The number of alkyl halides is 4. The minimum Gasteiger partial charge on any atom is -0.409 e. The van der Waals surface area contributed by atoms with Crippen molar-refractivity contribution in [3.63, 3.8) is 0 Å². The first-order chi connectivity index (χ1) is 6.80. The summed E-state index contributed by atoms with van der Waals surface area (Å²) >= 11 is 5.44. The first kappa shape index (κ1) is 10.5. The number of ether oxygens (including phenoxy) is 2. The normalized spacial score (nSPS) is 21.7. The van der Waals surface area contributed by atoms with E-state index in [0.717, 1.165) is 18.2 Å². The quantitative estimate of drug-likeness (QED) is 0.650. The molecule has 0 amide bonds. The largest absolute Gasteiger partial charge is 0.540 e. The highest BCUT2D eigenvalue weighted by atomic mass is 35.5. The zero-order chi connectivity index (χ0) is 11.3. The molecule has 7 heteroatoms. The second-order valence-electron chi connectivity index (χ2n) is 2.82. The molecule has 0 saturated heterocycles. The summed E-state index contributed by atoms with van der Waals surface area (Å²) in [6.07, 6.45) is -8.47. The second-order valence-corrected chi connectivity index (χ2v) is 3.26. The van der Waals surface area contributed by atoms with Crippen molar-refractivity contribution in [1.82, 2.24) is 0 Å².